The molecule has 0 aliphatic carbocycles. The molecule has 0 radical (unpaired) electrons. The van der Waals surface area contributed by atoms with Gasteiger partial charge in [-0.15, -0.1) is 0 Å². The normalized spacial score (nSPS) is 26.8. The van der Waals surface area contributed by atoms with Gasteiger partial charge in [-0.25, -0.2) is 4.90 Å². The summed E-state index contributed by atoms with van der Waals surface area (Å²) in [6.45, 7) is 0.669. The molecular formula is C23H21N3O6. The number of Topliss-reactive ketones (excluding diaryl/α,β-unsaturated/α-hetero) is 1. The van der Waals surface area contributed by atoms with Crippen LogP contribution in [0.3, 0.4) is 0 Å². The maximum absolute atomic E-state index is 13.6. The Labute approximate surface area is 183 Å². The number of carbonyl (C=O) groups is 3. The van der Waals surface area contributed by atoms with E-state index in [0.29, 0.717) is 12.1 Å². The molecule has 0 spiro atoms. The average Bonchev–Trinajstić information content (AvgIpc) is 3.45. The SMILES string of the molecule is COc1cc([N+](=O)[O-])ccc1N1C(=O)[C@@H]2[C@@H](C1=O)[C@@H](C(=O)c1ccccc1)N1CCC[C@H]21. The van der Waals surface area contributed by atoms with Crippen LogP contribution in [0.2, 0.25) is 0 Å². The Morgan fingerprint density at radius 3 is 2.50 bits per heavy atom. The van der Waals surface area contributed by atoms with Gasteiger partial charge in [-0.1, -0.05) is 30.3 Å². The van der Waals surface area contributed by atoms with Crippen molar-refractivity contribution in [3.63, 3.8) is 0 Å². The highest BCUT2D eigenvalue weighted by Crippen LogP contribution is 2.49. The number of methoxy groups -OCH3 is 1. The van der Waals surface area contributed by atoms with Gasteiger partial charge in [-0.2, -0.15) is 0 Å². The van der Waals surface area contributed by atoms with Crippen molar-refractivity contribution in [2.45, 2.75) is 24.9 Å². The molecule has 0 bridgehead atoms. The largest absolute Gasteiger partial charge is 0.494 e. The van der Waals surface area contributed by atoms with Gasteiger partial charge in [0.25, 0.3) is 5.69 Å². The van der Waals surface area contributed by atoms with Crippen molar-refractivity contribution >= 4 is 29.0 Å². The Bertz CT molecular complexity index is 1130. The van der Waals surface area contributed by atoms with Crippen LogP contribution in [0.1, 0.15) is 23.2 Å². The predicted octanol–water partition coefficient (Wildman–Crippen LogP) is 2.44. The molecule has 0 N–H and O–H groups in total. The van der Waals surface area contributed by atoms with Gasteiger partial charge < -0.3 is 4.74 Å². The molecule has 9 nitrogen and oxygen atoms in total. The summed E-state index contributed by atoms with van der Waals surface area (Å²) in [6, 6.07) is 11.7. The molecule has 3 aliphatic rings. The Morgan fingerprint density at radius 2 is 1.81 bits per heavy atom. The number of hydrogen-bond donors (Lipinski definition) is 0. The van der Waals surface area contributed by atoms with E-state index < -0.39 is 28.7 Å². The van der Waals surface area contributed by atoms with E-state index in [-0.39, 0.29) is 34.9 Å². The second-order valence-corrected chi connectivity index (χ2v) is 8.30. The lowest BCUT2D eigenvalue weighted by molar-refractivity contribution is -0.384. The number of fused-ring (bicyclic) bond motifs is 3. The molecule has 2 aromatic rings. The minimum absolute atomic E-state index is 0.0649. The van der Waals surface area contributed by atoms with Crippen molar-refractivity contribution in [3.8, 4) is 5.75 Å². The van der Waals surface area contributed by atoms with Gasteiger partial charge in [0.2, 0.25) is 11.8 Å². The van der Waals surface area contributed by atoms with E-state index in [0.717, 1.165) is 17.7 Å². The number of non-ortho nitro benzene ring substituents is 1. The standard InChI is InChI=1S/C23H21N3O6/c1-32-17-12-14(26(30)31)9-10-15(17)25-22(28)18-16-8-5-11-24(16)20(19(18)23(25)29)21(27)13-6-3-2-4-7-13/h2-4,6-7,9-10,12,16,18-20H,5,8,11H2,1H3/t16-,18+,19-,20+/m1/s1. The zero-order chi connectivity index (χ0) is 22.6. The minimum Gasteiger partial charge on any atom is -0.494 e. The smallest absolute Gasteiger partial charge is 0.273 e. The molecule has 2 aromatic carbocycles. The van der Waals surface area contributed by atoms with Crippen LogP contribution in [-0.2, 0) is 9.59 Å². The molecule has 0 aromatic heterocycles. The number of anilines is 1. The summed E-state index contributed by atoms with van der Waals surface area (Å²) in [4.78, 5) is 54.2. The van der Waals surface area contributed by atoms with Crippen LogP contribution < -0.4 is 9.64 Å². The first-order chi connectivity index (χ1) is 15.4. The molecule has 3 saturated heterocycles. The van der Waals surface area contributed by atoms with Gasteiger partial charge in [0, 0.05) is 17.7 Å². The Hall–Kier alpha value is -3.59. The second-order valence-electron chi connectivity index (χ2n) is 8.30. The van der Waals surface area contributed by atoms with Crippen molar-refractivity contribution in [1.29, 1.82) is 0 Å². The molecule has 2 amide bonds. The van der Waals surface area contributed by atoms with Gasteiger partial charge in [0.15, 0.2) is 5.78 Å². The van der Waals surface area contributed by atoms with E-state index in [4.69, 9.17) is 4.74 Å². The Morgan fingerprint density at radius 1 is 1.09 bits per heavy atom. The van der Waals surface area contributed by atoms with Gasteiger partial charge in [-0.3, -0.25) is 29.4 Å². The highest BCUT2D eigenvalue weighted by molar-refractivity contribution is 6.25. The zero-order valence-electron chi connectivity index (χ0n) is 17.3. The number of nitro benzene ring substituents is 1. The zero-order valence-corrected chi connectivity index (χ0v) is 17.3. The summed E-state index contributed by atoms with van der Waals surface area (Å²) >= 11 is 0. The van der Waals surface area contributed by atoms with E-state index >= 15 is 0 Å². The lowest BCUT2D eigenvalue weighted by Gasteiger charge is -2.28. The highest BCUT2D eigenvalue weighted by atomic mass is 16.6. The summed E-state index contributed by atoms with van der Waals surface area (Å²) in [5.74, 6) is -2.36. The lowest BCUT2D eigenvalue weighted by atomic mass is 9.85. The first kappa shape index (κ1) is 20.3. The molecule has 3 aliphatic heterocycles. The highest BCUT2D eigenvalue weighted by Gasteiger charge is 2.65. The van der Waals surface area contributed by atoms with Crippen LogP contribution in [0.5, 0.6) is 5.75 Å². The summed E-state index contributed by atoms with van der Waals surface area (Å²) in [6.07, 6.45) is 1.60. The first-order valence-electron chi connectivity index (χ1n) is 10.5. The van der Waals surface area contributed by atoms with Crippen molar-refractivity contribution in [2.75, 3.05) is 18.6 Å². The molecule has 5 rings (SSSR count). The van der Waals surface area contributed by atoms with Crippen LogP contribution in [0.15, 0.2) is 48.5 Å². The molecular weight excluding hydrogens is 414 g/mol. The number of imide groups is 1. The van der Waals surface area contributed by atoms with Gasteiger partial charge in [0.05, 0.1) is 41.7 Å². The van der Waals surface area contributed by atoms with E-state index in [2.05, 4.69) is 0 Å². The third-order valence-corrected chi connectivity index (χ3v) is 6.79. The number of benzene rings is 2. The van der Waals surface area contributed by atoms with Crippen LogP contribution in [0, 0.1) is 22.0 Å². The third-order valence-electron chi connectivity index (χ3n) is 6.79. The van der Waals surface area contributed by atoms with Crippen molar-refractivity contribution < 1.29 is 24.0 Å². The lowest BCUT2D eigenvalue weighted by Crippen LogP contribution is -2.46. The van der Waals surface area contributed by atoms with Crippen LogP contribution in [0.25, 0.3) is 0 Å². The first-order valence-corrected chi connectivity index (χ1v) is 10.5. The molecule has 164 valence electrons. The van der Waals surface area contributed by atoms with Gasteiger partial charge in [0.1, 0.15) is 5.75 Å². The van der Waals surface area contributed by atoms with Gasteiger partial charge >= 0.3 is 0 Å². The topological polar surface area (TPSA) is 110 Å². The van der Waals surface area contributed by atoms with E-state index in [9.17, 15) is 24.5 Å². The van der Waals surface area contributed by atoms with Crippen LogP contribution in [-0.4, -0.2) is 53.2 Å². The minimum atomic E-state index is -0.791. The van der Waals surface area contributed by atoms with Crippen molar-refractivity contribution in [2.24, 2.45) is 11.8 Å². The monoisotopic (exact) mass is 435 g/mol. The second kappa shape index (κ2) is 7.52. The quantitative estimate of drug-likeness (QED) is 0.307. The van der Waals surface area contributed by atoms with E-state index in [1.165, 1.54) is 25.3 Å². The fraction of sp³-hybridized carbons (Fsp3) is 0.348. The predicted molar refractivity (Wildman–Crippen MR) is 113 cm³/mol. The molecule has 32 heavy (non-hydrogen) atoms. The van der Waals surface area contributed by atoms with Crippen LogP contribution in [0.4, 0.5) is 11.4 Å². The number of hydrogen-bond acceptors (Lipinski definition) is 7. The molecule has 0 unspecified atom stereocenters. The number of amides is 2. The molecule has 3 heterocycles. The van der Waals surface area contributed by atoms with Gasteiger partial charge in [-0.05, 0) is 25.5 Å². The molecule has 3 fully saturated rings. The van der Waals surface area contributed by atoms with E-state index in [1.807, 2.05) is 11.0 Å². The van der Waals surface area contributed by atoms with Crippen molar-refractivity contribution in [1.82, 2.24) is 4.90 Å². The Balaban J connectivity index is 1.56. The number of carbonyl (C=O) groups excluding carboxylic acids is 3. The average molecular weight is 435 g/mol. The summed E-state index contributed by atoms with van der Waals surface area (Å²) in [7, 11) is 1.33. The fourth-order valence-corrected chi connectivity index (χ4v) is 5.49. The van der Waals surface area contributed by atoms with Crippen LogP contribution >= 0.6 is 0 Å². The molecule has 0 saturated carbocycles. The third kappa shape index (κ3) is 2.85. The number of nitro groups is 1. The van der Waals surface area contributed by atoms with Crippen molar-refractivity contribution in [3.05, 3.63) is 64.2 Å². The number of ketones is 1. The maximum atomic E-state index is 13.6. The number of rotatable bonds is 5. The number of ether oxygens (including phenoxy) is 1. The summed E-state index contributed by atoms with van der Waals surface area (Å²) in [5.41, 5.74) is 0.470. The number of nitrogens with zero attached hydrogens (tertiary/aromatic N) is 3. The van der Waals surface area contributed by atoms with E-state index in [1.54, 1.807) is 24.3 Å². The summed E-state index contributed by atoms with van der Waals surface area (Å²) in [5, 5.41) is 11.1. The molecule has 9 heteroatoms. The summed E-state index contributed by atoms with van der Waals surface area (Å²) < 4.78 is 5.27. The Kier molecular flexibility index (Phi) is 4.78. The molecule has 4 atom stereocenters. The fourth-order valence-electron chi connectivity index (χ4n) is 5.49. The maximum Gasteiger partial charge on any atom is 0.273 e.